The van der Waals surface area contributed by atoms with Gasteiger partial charge in [0.05, 0.1) is 5.75 Å². The monoisotopic (exact) mass is 323 g/mol. The topological polar surface area (TPSA) is 114 Å². The van der Waals surface area contributed by atoms with Gasteiger partial charge in [0.2, 0.25) is 21.7 Å². The van der Waals surface area contributed by atoms with E-state index in [2.05, 4.69) is 25.1 Å². The lowest BCUT2D eigenvalue weighted by Crippen LogP contribution is -2.40. The van der Waals surface area contributed by atoms with Gasteiger partial charge in [0.25, 0.3) is 0 Å². The predicted molar refractivity (Wildman–Crippen MR) is 77.5 cm³/mol. The van der Waals surface area contributed by atoms with Crippen LogP contribution in [0, 0.1) is 0 Å². The second-order valence-electron chi connectivity index (χ2n) is 6.40. The Morgan fingerprint density at radius 3 is 2.95 bits per heavy atom. The van der Waals surface area contributed by atoms with E-state index in [0.29, 0.717) is 36.2 Å². The van der Waals surface area contributed by atoms with E-state index in [-0.39, 0.29) is 5.75 Å². The van der Waals surface area contributed by atoms with Crippen LogP contribution in [-0.2, 0) is 16.4 Å². The summed E-state index contributed by atoms with van der Waals surface area (Å²) >= 11 is 0. The van der Waals surface area contributed by atoms with Crippen LogP contribution >= 0.6 is 0 Å². The Balaban J connectivity index is 1.51. The van der Waals surface area contributed by atoms with Crippen LogP contribution in [0.15, 0.2) is 10.6 Å². The number of hydrogen-bond donors (Lipinski definition) is 2. The number of aromatic nitrogens is 4. The maximum Gasteiger partial charge on any atom is 0.228 e. The molecule has 2 N–H and O–H groups in total. The molecule has 0 radical (unpaired) electrons. The molecule has 1 atom stereocenters. The zero-order valence-corrected chi connectivity index (χ0v) is 13.0. The lowest BCUT2D eigenvalue weighted by atomic mass is 9.96. The molecule has 0 bridgehead atoms. The van der Waals surface area contributed by atoms with Crippen LogP contribution in [-0.4, -0.2) is 40.0 Å². The molecule has 1 unspecified atom stereocenters. The number of aromatic amines is 1. The molecule has 0 spiro atoms. The minimum absolute atomic E-state index is 0.134. The van der Waals surface area contributed by atoms with E-state index in [1.165, 1.54) is 12.8 Å². The molecule has 1 aliphatic heterocycles. The number of hydrogen-bond acceptors (Lipinski definition) is 6. The minimum Gasteiger partial charge on any atom is -0.339 e. The van der Waals surface area contributed by atoms with Crippen molar-refractivity contribution in [3.8, 4) is 11.5 Å². The summed E-state index contributed by atoms with van der Waals surface area (Å²) in [5.41, 5.74) is 1.21. The molecule has 1 saturated heterocycles. The van der Waals surface area contributed by atoms with Gasteiger partial charge >= 0.3 is 0 Å². The third-order valence-corrected chi connectivity index (χ3v) is 5.72. The Bertz CT molecular complexity index is 807. The summed E-state index contributed by atoms with van der Waals surface area (Å²) in [5, 5.41) is 11.2. The van der Waals surface area contributed by atoms with Crippen LogP contribution in [0.1, 0.15) is 43.7 Å². The van der Waals surface area contributed by atoms with Gasteiger partial charge in [0, 0.05) is 23.6 Å². The van der Waals surface area contributed by atoms with Crippen molar-refractivity contribution in [3.63, 3.8) is 0 Å². The number of sulfonamides is 1. The average Bonchev–Trinajstić information content (AvgIpc) is 2.89. The highest BCUT2D eigenvalue weighted by Gasteiger charge is 2.39. The van der Waals surface area contributed by atoms with Crippen LogP contribution in [0.25, 0.3) is 11.5 Å². The molecule has 0 aromatic carbocycles. The zero-order valence-electron chi connectivity index (χ0n) is 12.2. The second kappa shape index (κ2) is 4.63. The Hall–Kier alpha value is -1.74. The maximum atomic E-state index is 11.5. The molecule has 8 nitrogen and oxygen atoms in total. The number of H-pyrrole nitrogens is 1. The van der Waals surface area contributed by atoms with Crippen LogP contribution in [0.5, 0.6) is 0 Å². The number of nitrogens with zero attached hydrogens (tertiary/aromatic N) is 3. The molecule has 2 fully saturated rings. The van der Waals surface area contributed by atoms with E-state index in [9.17, 15) is 8.42 Å². The van der Waals surface area contributed by atoms with Crippen molar-refractivity contribution >= 4 is 10.0 Å². The van der Waals surface area contributed by atoms with Crippen molar-refractivity contribution in [2.45, 2.75) is 44.1 Å². The molecule has 4 rings (SSSR count). The summed E-state index contributed by atoms with van der Waals surface area (Å²) < 4.78 is 31.0. The fourth-order valence-corrected chi connectivity index (χ4v) is 4.53. The first-order chi connectivity index (χ1) is 10.4. The van der Waals surface area contributed by atoms with Gasteiger partial charge in [0.1, 0.15) is 5.69 Å². The van der Waals surface area contributed by atoms with E-state index in [4.69, 9.17) is 4.52 Å². The minimum atomic E-state index is -3.18. The normalized spacial score (nSPS) is 27.3. The first kappa shape index (κ1) is 13.9. The summed E-state index contributed by atoms with van der Waals surface area (Å²) in [7, 11) is -3.18. The van der Waals surface area contributed by atoms with Gasteiger partial charge in [0.15, 0.2) is 0 Å². The summed E-state index contributed by atoms with van der Waals surface area (Å²) in [5.74, 6) is 1.56. The van der Waals surface area contributed by atoms with Gasteiger partial charge < -0.3 is 4.52 Å². The average molecular weight is 323 g/mol. The van der Waals surface area contributed by atoms with E-state index < -0.39 is 15.6 Å². The molecule has 9 heteroatoms. The summed E-state index contributed by atoms with van der Waals surface area (Å²) in [6, 6.07) is 1.95. The van der Waals surface area contributed by atoms with Gasteiger partial charge in [-0.15, -0.1) is 0 Å². The van der Waals surface area contributed by atoms with E-state index in [1.54, 1.807) is 0 Å². The van der Waals surface area contributed by atoms with Gasteiger partial charge in [-0.3, -0.25) is 5.10 Å². The van der Waals surface area contributed by atoms with Gasteiger partial charge in [-0.25, -0.2) is 13.1 Å². The molecular formula is C13H17N5O3S. The Morgan fingerprint density at radius 1 is 1.45 bits per heavy atom. The second-order valence-corrected chi connectivity index (χ2v) is 8.24. The highest BCUT2D eigenvalue weighted by Crippen LogP contribution is 2.39. The predicted octanol–water partition coefficient (Wildman–Crippen LogP) is 0.961. The van der Waals surface area contributed by atoms with Gasteiger partial charge in [-0.2, -0.15) is 10.1 Å². The van der Waals surface area contributed by atoms with Gasteiger partial charge in [-0.1, -0.05) is 5.16 Å². The summed E-state index contributed by atoms with van der Waals surface area (Å²) in [6.07, 6.45) is 3.29. The fraction of sp³-hybridized carbons (Fsp3) is 0.615. The number of rotatable bonds is 4. The summed E-state index contributed by atoms with van der Waals surface area (Å²) in [6.45, 7) is 1.85. The SMILES string of the molecule is CC1(Cc2nc(-c3cc(C4CC4)[nH]n3)no2)CCS(=O)(=O)N1. The molecule has 2 aliphatic rings. The third-order valence-electron chi connectivity index (χ3n) is 4.18. The quantitative estimate of drug-likeness (QED) is 0.866. The molecule has 22 heavy (non-hydrogen) atoms. The van der Waals surface area contributed by atoms with E-state index >= 15 is 0 Å². The molecular weight excluding hydrogens is 306 g/mol. The standard InChI is InChI=1S/C13H17N5O3S/c1-13(4-5-22(19,20)18-13)7-11-14-12(17-21-11)10-6-9(15-16-10)8-2-3-8/h6,8,18H,2-5,7H2,1H3,(H,15,16). The highest BCUT2D eigenvalue weighted by molar-refractivity contribution is 7.89. The molecule has 3 heterocycles. The largest absolute Gasteiger partial charge is 0.339 e. The fourth-order valence-electron chi connectivity index (χ4n) is 2.78. The first-order valence-corrected chi connectivity index (χ1v) is 8.98. The maximum absolute atomic E-state index is 11.5. The van der Waals surface area contributed by atoms with Crippen molar-refractivity contribution in [1.82, 2.24) is 25.1 Å². The number of nitrogens with one attached hydrogen (secondary N) is 2. The first-order valence-electron chi connectivity index (χ1n) is 7.32. The molecule has 2 aromatic rings. The third kappa shape index (κ3) is 2.66. The molecule has 1 saturated carbocycles. The highest BCUT2D eigenvalue weighted by atomic mass is 32.2. The Kier molecular flexibility index (Phi) is 2.92. The molecule has 2 aromatic heterocycles. The Labute approximate surface area is 127 Å². The van der Waals surface area contributed by atoms with Gasteiger partial charge in [-0.05, 0) is 32.3 Å². The van der Waals surface area contributed by atoms with Crippen LogP contribution in [0.4, 0.5) is 0 Å². The molecule has 0 amide bonds. The smallest absolute Gasteiger partial charge is 0.228 e. The van der Waals surface area contributed by atoms with Crippen molar-refractivity contribution in [3.05, 3.63) is 17.7 Å². The van der Waals surface area contributed by atoms with Crippen molar-refractivity contribution in [2.24, 2.45) is 0 Å². The van der Waals surface area contributed by atoms with Crippen molar-refractivity contribution in [1.29, 1.82) is 0 Å². The van der Waals surface area contributed by atoms with Crippen LogP contribution in [0.2, 0.25) is 0 Å². The van der Waals surface area contributed by atoms with Crippen molar-refractivity contribution < 1.29 is 12.9 Å². The molecule has 118 valence electrons. The van der Waals surface area contributed by atoms with Crippen molar-refractivity contribution in [2.75, 3.05) is 5.75 Å². The Morgan fingerprint density at radius 2 is 2.27 bits per heavy atom. The van der Waals surface area contributed by atoms with E-state index in [0.717, 1.165) is 5.69 Å². The van der Waals surface area contributed by atoms with Crippen LogP contribution in [0.3, 0.4) is 0 Å². The van der Waals surface area contributed by atoms with E-state index in [1.807, 2.05) is 13.0 Å². The lowest BCUT2D eigenvalue weighted by molar-refractivity contribution is 0.329. The lowest BCUT2D eigenvalue weighted by Gasteiger charge is -2.19. The van der Waals surface area contributed by atoms with Crippen LogP contribution < -0.4 is 4.72 Å². The summed E-state index contributed by atoms with van der Waals surface area (Å²) in [4.78, 5) is 4.33. The molecule has 1 aliphatic carbocycles. The zero-order chi connectivity index (χ0) is 15.4.